The highest BCUT2D eigenvalue weighted by atomic mass is 32.2. The SMILES string of the molecule is O=C(Nc1cc(S(=O)(=O)N2CCCCC2)ccc1N1CCCCC1)c1cnns1. The fourth-order valence-corrected chi connectivity index (χ4v) is 5.85. The zero-order valence-corrected chi connectivity index (χ0v) is 17.8. The highest BCUT2D eigenvalue weighted by molar-refractivity contribution is 7.89. The van der Waals surface area contributed by atoms with Gasteiger partial charge in [-0.25, -0.2) is 8.42 Å². The maximum absolute atomic E-state index is 13.1. The summed E-state index contributed by atoms with van der Waals surface area (Å²) in [6.07, 6.45) is 7.59. The summed E-state index contributed by atoms with van der Waals surface area (Å²) in [6, 6.07) is 5.08. The van der Waals surface area contributed by atoms with E-state index in [2.05, 4.69) is 19.8 Å². The van der Waals surface area contributed by atoms with E-state index in [0.29, 0.717) is 23.7 Å². The zero-order chi connectivity index (χ0) is 20.3. The van der Waals surface area contributed by atoms with Crippen molar-refractivity contribution in [2.75, 3.05) is 36.4 Å². The number of nitrogens with zero attached hydrogens (tertiary/aromatic N) is 4. The second-order valence-electron chi connectivity index (χ2n) is 7.43. The molecular formula is C19H25N5O3S2. The van der Waals surface area contributed by atoms with Crippen LogP contribution in [0, 0.1) is 0 Å². The van der Waals surface area contributed by atoms with Gasteiger partial charge in [0, 0.05) is 26.2 Å². The summed E-state index contributed by atoms with van der Waals surface area (Å²) in [6.45, 7) is 2.88. The number of aromatic nitrogens is 2. The Kier molecular flexibility index (Phi) is 6.12. The van der Waals surface area contributed by atoms with Crippen LogP contribution in [0.25, 0.3) is 0 Å². The highest BCUT2D eigenvalue weighted by Gasteiger charge is 2.28. The van der Waals surface area contributed by atoms with Gasteiger partial charge in [-0.2, -0.15) is 4.31 Å². The van der Waals surface area contributed by atoms with Gasteiger partial charge < -0.3 is 10.2 Å². The van der Waals surface area contributed by atoms with Crippen molar-refractivity contribution in [3.63, 3.8) is 0 Å². The Morgan fingerprint density at radius 2 is 1.69 bits per heavy atom. The smallest absolute Gasteiger partial charge is 0.269 e. The quantitative estimate of drug-likeness (QED) is 0.776. The van der Waals surface area contributed by atoms with Crippen LogP contribution < -0.4 is 10.2 Å². The molecule has 1 N–H and O–H groups in total. The van der Waals surface area contributed by atoms with Crippen LogP contribution in [0.1, 0.15) is 48.2 Å². The molecule has 2 saturated heterocycles. The van der Waals surface area contributed by atoms with E-state index >= 15 is 0 Å². The number of hydrogen-bond donors (Lipinski definition) is 1. The molecule has 2 aliphatic rings. The van der Waals surface area contributed by atoms with E-state index in [9.17, 15) is 13.2 Å². The Morgan fingerprint density at radius 3 is 2.34 bits per heavy atom. The van der Waals surface area contributed by atoms with Crippen molar-refractivity contribution in [2.45, 2.75) is 43.4 Å². The lowest BCUT2D eigenvalue weighted by Gasteiger charge is -2.31. The Labute approximate surface area is 175 Å². The number of rotatable bonds is 5. The lowest BCUT2D eigenvalue weighted by molar-refractivity contribution is 0.103. The number of hydrogen-bond acceptors (Lipinski definition) is 7. The van der Waals surface area contributed by atoms with E-state index in [1.165, 1.54) is 12.6 Å². The van der Waals surface area contributed by atoms with Crippen molar-refractivity contribution < 1.29 is 13.2 Å². The van der Waals surface area contributed by atoms with Crippen LogP contribution >= 0.6 is 11.5 Å². The van der Waals surface area contributed by atoms with Gasteiger partial charge in [-0.3, -0.25) is 4.79 Å². The molecule has 1 aromatic carbocycles. The lowest BCUT2D eigenvalue weighted by Crippen LogP contribution is -2.35. The van der Waals surface area contributed by atoms with Gasteiger partial charge in [-0.1, -0.05) is 10.9 Å². The molecule has 3 heterocycles. The third-order valence-electron chi connectivity index (χ3n) is 5.45. The molecule has 2 aliphatic heterocycles. The number of carbonyl (C=O) groups is 1. The molecule has 1 amide bonds. The molecule has 0 atom stereocenters. The lowest BCUT2D eigenvalue weighted by atomic mass is 10.1. The molecule has 4 rings (SSSR count). The maximum atomic E-state index is 13.1. The monoisotopic (exact) mass is 435 g/mol. The van der Waals surface area contributed by atoms with Crippen molar-refractivity contribution in [1.29, 1.82) is 0 Å². The van der Waals surface area contributed by atoms with Gasteiger partial charge in [0.2, 0.25) is 10.0 Å². The Balaban J connectivity index is 1.68. The molecule has 0 saturated carbocycles. The largest absolute Gasteiger partial charge is 0.370 e. The highest BCUT2D eigenvalue weighted by Crippen LogP contribution is 2.33. The molecule has 0 radical (unpaired) electrons. The third-order valence-corrected chi connectivity index (χ3v) is 8.01. The molecule has 2 aromatic rings. The van der Waals surface area contributed by atoms with Crippen molar-refractivity contribution in [1.82, 2.24) is 13.9 Å². The normalized spacial score (nSPS) is 18.6. The number of piperidine rings is 2. The fourth-order valence-electron chi connectivity index (χ4n) is 3.89. The molecule has 8 nitrogen and oxygen atoms in total. The summed E-state index contributed by atoms with van der Waals surface area (Å²) in [7, 11) is -3.58. The number of nitrogens with one attached hydrogen (secondary N) is 1. The third kappa shape index (κ3) is 4.44. The van der Waals surface area contributed by atoms with Crippen molar-refractivity contribution in [3.05, 3.63) is 29.3 Å². The Hall–Kier alpha value is -2.04. The second-order valence-corrected chi connectivity index (χ2v) is 10.2. The van der Waals surface area contributed by atoms with Crippen LogP contribution in [0.15, 0.2) is 29.3 Å². The summed E-state index contributed by atoms with van der Waals surface area (Å²) < 4.78 is 31.5. The number of carbonyl (C=O) groups excluding carboxylic acids is 1. The van der Waals surface area contributed by atoms with Gasteiger partial charge in [0.05, 0.1) is 22.5 Å². The topological polar surface area (TPSA) is 95.5 Å². The second kappa shape index (κ2) is 8.76. The minimum Gasteiger partial charge on any atom is -0.370 e. The summed E-state index contributed by atoms with van der Waals surface area (Å²) in [5, 5.41) is 6.60. The predicted molar refractivity (Wildman–Crippen MR) is 113 cm³/mol. The van der Waals surface area contributed by atoms with E-state index in [0.717, 1.165) is 62.4 Å². The van der Waals surface area contributed by atoms with E-state index in [-0.39, 0.29) is 10.8 Å². The summed E-state index contributed by atoms with van der Waals surface area (Å²) in [4.78, 5) is 15.4. The average Bonchev–Trinajstić information content (AvgIpc) is 3.30. The summed E-state index contributed by atoms with van der Waals surface area (Å²) in [5.74, 6) is -0.328. The van der Waals surface area contributed by atoms with E-state index in [1.807, 2.05) is 6.07 Å². The van der Waals surface area contributed by atoms with Gasteiger partial charge in [0.25, 0.3) is 5.91 Å². The van der Waals surface area contributed by atoms with Crippen LogP contribution in [0.4, 0.5) is 11.4 Å². The molecular weight excluding hydrogens is 410 g/mol. The van der Waals surface area contributed by atoms with Gasteiger partial charge in [-0.15, -0.1) is 5.10 Å². The van der Waals surface area contributed by atoms with Crippen LogP contribution in [0.2, 0.25) is 0 Å². The molecule has 1 aromatic heterocycles. The summed E-state index contributed by atoms with van der Waals surface area (Å²) in [5.41, 5.74) is 1.37. The standard InChI is InChI=1S/C19H25N5O3S2/c25-19(18-14-20-22-28-18)21-16-13-15(29(26,27)24-11-5-2-6-12-24)7-8-17(16)23-9-3-1-4-10-23/h7-8,13-14H,1-6,9-12H2,(H,21,25). The molecule has 0 spiro atoms. The first-order valence-corrected chi connectivity index (χ1v) is 12.2. The molecule has 10 heteroatoms. The van der Waals surface area contributed by atoms with E-state index < -0.39 is 10.0 Å². The maximum Gasteiger partial charge on any atom is 0.269 e. The van der Waals surface area contributed by atoms with Crippen LogP contribution in [-0.2, 0) is 10.0 Å². The number of benzene rings is 1. The average molecular weight is 436 g/mol. The van der Waals surface area contributed by atoms with Gasteiger partial charge >= 0.3 is 0 Å². The van der Waals surface area contributed by atoms with Crippen molar-refractivity contribution in [3.8, 4) is 0 Å². The first kappa shape index (κ1) is 20.2. The molecule has 0 unspecified atom stereocenters. The molecule has 0 aliphatic carbocycles. The minimum atomic E-state index is -3.58. The van der Waals surface area contributed by atoms with Gasteiger partial charge in [0.15, 0.2) is 0 Å². The number of anilines is 2. The molecule has 29 heavy (non-hydrogen) atoms. The number of amides is 1. The fraction of sp³-hybridized carbons (Fsp3) is 0.526. The summed E-state index contributed by atoms with van der Waals surface area (Å²) >= 11 is 1.01. The number of sulfonamides is 1. The van der Waals surface area contributed by atoms with Crippen molar-refractivity contribution in [2.24, 2.45) is 0 Å². The van der Waals surface area contributed by atoms with Gasteiger partial charge in [-0.05, 0) is 61.8 Å². The van der Waals surface area contributed by atoms with Gasteiger partial charge in [0.1, 0.15) is 4.88 Å². The van der Waals surface area contributed by atoms with E-state index in [1.54, 1.807) is 16.4 Å². The zero-order valence-electron chi connectivity index (χ0n) is 16.2. The van der Waals surface area contributed by atoms with Crippen LogP contribution in [0.5, 0.6) is 0 Å². The minimum absolute atomic E-state index is 0.220. The van der Waals surface area contributed by atoms with E-state index in [4.69, 9.17) is 0 Å². The van der Waals surface area contributed by atoms with Crippen molar-refractivity contribution >= 4 is 38.8 Å². The molecule has 2 fully saturated rings. The van der Waals surface area contributed by atoms with Crippen LogP contribution in [0.3, 0.4) is 0 Å². The van der Waals surface area contributed by atoms with Crippen LogP contribution in [-0.4, -0.2) is 54.4 Å². The first-order chi connectivity index (χ1) is 14.1. The molecule has 156 valence electrons. The Bertz CT molecular complexity index is 950. The predicted octanol–water partition coefficient (Wildman–Crippen LogP) is 2.96. The Morgan fingerprint density at radius 1 is 1.00 bits per heavy atom. The molecule has 0 bridgehead atoms. The first-order valence-electron chi connectivity index (χ1n) is 10.0.